The van der Waals surface area contributed by atoms with Crippen molar-refractivity contribution in [3.8, 4) is 0 Å². The SMILES string of the molecule is Cc1ccc(C(=O)NCCCCCC(=O)O)cc1NC(=O)c1ccccc1F. The molecule has 2 rings (SSSR count). The molecule has 2 aromatic rings. The third kappa shape index (κ3) is 6.19. The maximum absolute atomic E-state index is 13.8. The Kier molecular flexibility index (Phi) is 7.68. The first-order chi connectivity index (χ1) is 13.4. The molecule has 0 bridgehead atoms. The summed E-state index contributed by atoms with van der Waals surface area (Å²) in [7, 11) is 0. The standard InChI is InChI=1S/C21H23FN2O4/c1-14-10-11-15(20(27)23-12-6-2-3-9-19(25)26)13-18(14)24-21(28)16-7-4-5-8-17(16)22/h4-5,7-8,10-11,13H,2-3,6,9,12H2,1H3,(H,23,27)(H,24,28)(H,25,26). The number of nitrogens with one attached hydrogen (secondary N) is 2. The smallest absolute Gasteiger partial charge is 0.303 e. The van der Waals surface area contributed by atoms with Gasteiger partial charge in [0.15, 0.2) is 0 Å². The summed E-state index contributed by atoms with van der Waals surface area (Å²) in [5.41, 5.74) is 1.48. The molecule has 0 aromatic heterocycles. The van der Waals surface area contributed by atoms with E-state index in [1.165, 1.54) is 18.2 Å². The van der Waals surface area contributed by atoms with Gasteiger partial charge in [-0.25, -0.2) is 4.39 Å². The Morgan fingerprint density at radius 3 is 2.46 bits per heavy atom. The molecule has 0 aliphatic heterocycles. The Balaban J connectivity index is 1.95. The molecule has 6 nitrogen and oxygen atoms in total. The second-order valence-electron chi connectivity index (χ2n) is 6.42. The fourth-order valence-electron chi connectivity index (χ4n) is 2.61. The summed E-state index contributed by atoms with van der Waals surface area (Å²) in [4.78, 5) is 35.0. The largest absolute Gasteiger partial charge is 0.481 e. The van der Waals surface area contributed by atoms with Crippen LogP contribution in [0.15, 0.2) is 42.5 Å². The molecule has 0 spiro atoms. The molecule has 0 heterocycles. The minimum Gasteiger partial charge on any atom is -0.481 e. The van der Waals surface area contributed by atoms with Gasteiger partial charge < -0.3 is 15.7 Å². The van der Waals surface area contributed by atoms with Gasteiger partial charge in [-0.3, -0.25) is 14.4 Å². The van der Waals surface area contributed by atoms with E-state index in [9.17, 15) is 18.8 Å². The third-order valence-electron chi connectivity index (χ3n) is 4.22. The maximum atomic E-state index is 13.8. The van der Waals surface area contributed by atoms with Crippen LogP contribution in [0.3, 0.4) is 0 Å². The van der Waals surface area contributed by atoms with Crippen LogP contribution in [0, 0.1) is 12.7 Å². The molecule has 0 unspecified atom stereocenters. The number of unbranched alkanes of at least 4 members (excludes halogenated alkanes) is 2. The lowest BCUT2D eigenvalue weighted by Crippen LogP contribution is -2.24. The van der Waals surface area contributed by atoms with E-state index in [1.54, 1.807) is 31.2 Å². The normalized spacial score (nSPS) is 10.4. The van der Waals surface area contributed by atoms with Crippen molar-refractivity contribution >= 4 is 23.5 Å². The Morgan fingerprint density at radius 2 is 1.75 bits per heavy atom. The van der Waals surface area contributed by atoms with Gasteiger partial charge in [0.25, 0.3) is 11.8 Å². The number of rotatable bonds is 9. The molecule has 0 fully saturated rings. The molecule has 0 atom stereocenters. The van der Waals surface area contributed by atoms with Crippen molar-refractivity contribution in [2.24, 2.45) is 0 Å². The molecule has 148 valence electrons. The van der Waals surface area contributed by atoms with E-state index in [2.05, 4.69) is 10.6 Å². The van der Waals surface area contributed by atoms with Crippen LogP contribution in [0.2, 0.25) is 0 Å². The zero-order valence-corrected chi connectivity index (χ0v) is 15.6. The number of aliphatic carboxylic acids is 1. The van der Waals surface area contributed by atoms with Crippen molar-refractivity contribution in [3.63, 3.8) is 0 Å². The highest BCUT2D eigenvalue weighted by molar-refractivity contribution is 6.05. The molecule has 3 N–H and O–H groups in total. The van der Waals surface area contributed by atoms with Crippen molar-refractivity contribution in [2.45, 2.75) is 32.6 Å². The predicted molar refractivity (Wildman–Crippen MR) is 104 cm³/mol. The van der Waals surface area contributed by atoms with E-state index in [0.717, 1.165) is 5.56 Å². The van der Waals surface area contributed by atoms with Gasteiger partial charge in [-0.15, -0.1) is 0 Å². The number of carboxylic acids is 1. The lowest BCUT2D eigenvalue weighted by atomic mass is 10.1. The van der Waals surface area contributed by atoms with E-state index in [4.69, 9.17) is 5.11 Å². The fourth-order valence-corrected chi connectivity index (χ4v) is 2.61. The Morgan fingerprint density at radius 1 is 1.00 bits per heavy atom. The number of carbonyl (C=O) groups excluding carboxylic acids is 2. The summed E-state index contributed by atoms with van der Waals surface area (Å²) in [6.07, 6.45) is 2.09. The second-order valence-corrected chi connectivity index (χ2v) is 6.42. The number of carbonyl (C=O) groups is 3. The number of carboxylic acid groups (broad SMARTS) is 1. The Bertz CT molecular complexity index is 867. The van der Waals surface area contributed by atoms with Crippen LogP contribution in [-0.4, -0.2) is 29.4 Å². The van der Waals surface area contributed by atoms with Gasteiger partial charge in [-0.2, -0.15) is 0 Å². The fraction of sp³-hybridized carbons (Fsp3) is 0.286. The summed E-state index contributed by atoms with van der Waals surface area (Å²) in [5, 5.41) is 14.0. The van der Waals surface area contributed by atoms with Gasteiger partial charge in [0.2, 0.25) is 0 Å². The zero-order valence-electron chi connectivity index (χ0n) is 15.6. The van der Waals surface area contributed by atoms with Crippen molar-refractivity contribution in [2.75, 3.05) is 11.9 Å². The number of hydrogen-bond donors (Lipinski definition) is 3. The van der Waals surface area contributed by atoms with E-state index in [1.807, 2.05) is 0 Å². The highest BCUT2D eigenvalue weighted by atomic mass is 19.1. The number of benzene rings is 2. The summed E-state index contributed by atoms with van der Waals surface area (Å²) >= 11 is 0. The molecule has 0 saturated heterocycles. The highest BCUT2D eigenvalue weighted by Crippen LogP contribution is 2.19. The van der Waals surface area contributed by atoms with Crippen molar-refractivity contribution in [1.82, 2.24) is 5.32 Å². The van der Waals surface area contributed by atoms with Gasteiger partial charge in [-0.05, 0) is 49.6 Å². The quantitative estimate of drug-likeness (QED) is 0.572. The molecule has 28 heavy (non-hydrogen) atoms. The lowest BCUT2D eigenvalue weighted by molar-refractivity contribution is -0.137. The molecule has 7 heteroatoms. The Labute approximate surface area is 162 Å². The highest BCUT2D eigenvalue weighted by Gasteiger charge is 2.14. The molecule has 0 saturated carbocycles. The summed E-state index contributed by atoms with van der Waals surface area (Å²) in [6.45, 7) is 2.21. The summed E-state index contributed by atoms with van der Waals surface area (Å²) in [5.74, 6) is -2.32. The topological polar surface area (TPSA) is 95.5 Å². The minimum atomic E-state index is -0.825. The number of aryl methyl sites for hydroxylation is 1. The number of halogens is 1. The van der Waals surface area contributed by atoms with Gasteiger partial charge in [0, 0.05) is 24.2 Å². The number of hydrogen-bond acceptors (Lipinski definition) is 3. The minimum absolute atomic E-state index is 0.0712. The summed E-state index contributed by atoms with van der Waals surface area (Å²) in [6, 6.07) is 10.6. The molecule has 0 aliphatic carbocycles. The second kappa shape index (κ2) is 10.2. The monoisotopic (exact) mass is 386 g/mol. The first-order valence-corrected chi connectivity index (χ1v) is 9.05. The Hall–Kier alpha value is -3.22. The van der Waals surface area contributed by atoms with E-state index >= 15 is 0 Å². The third-order valence-corrected chi connectivity index (χ3v) is 4.22. The van der Waals surface area contributed by atoms with Crippen molar-refractivity contribution < 1.29 is 23.9 Å². The van der Waals surface area contributed by atoms with E-state index < -0.39 is 17.7 Å². The van der Waals surface area contributed by atoms with Crippen molar-refractivity contribution in [3.05, 3.63) is 65.0 Å². The summed E-state index contributed by atoms with van der Waals surface area (Å²) < 4.78 is 13.8. The number of amides is 2. The molecule has 2 aromatic carbocycles. The van der Waals surface area contributed by atoms with E-state index in [0.29, 0.717) is 37.1 Å². The first kappa shape index (κ1) is 21.1. The van der Waals surface area contributed by atoms with Crippen LogP contribution in [0.4, 0.5) is 10.1 Å². The predicted octanol–water partition coefficient (Wildman–Crippen LogP) is 3.76. The average molecular weight is 386 g/mol. The first-order valence-electron chi connectivity index (χ1n) is 9.05. The van der Waals surface area contributed by atoms with Crippen LogP contribution in [0.25, 0.3) is 0 Å². The van der Waals surface area contributed by atoms with E-state index in [-0.39, 0.29) is 17.9 Å². The lowest BCUT2D eigenvalue weighted by Gasteiger charge is -2.11. The van der Waals surface area contributed by atoms with Crippen LogP contribution in [0.1, 0.15) is 52.0 Å². The van der Waals surface area contributed by atoms with Crippen molar-refractivity contribution in [1.29, 1.82) is 0 Å². The zero-order chi connectivity index (χ0) is 20.5. The van der Waals surface area contributed by atoms with Gasteiger partial charge in [0.1, 0.15) is 5.82 Å². The van der Waals surface area contributed by atoms with Crippen LogP contribution < -0.4 is 10.6 Å². The number of anilines is 1. The maximum Gasteiger partial charge on any atom is 0.303 e. The van der Waals surface area contributed by atoms with Gasteiger partial charge >= 0.3 is 5.97 Å². The van der Waals surface area contributed by atoms with Crippen LogP contribution >= 0.6 is 0 Å². The van der Waals surface area contributed by atoms with Gasteiger partial charge in [0.05, 0.1) is 5.56 Å². The average Bonchev–Trinajstić information content (AvgIpc) is 2.66. The van der Waals surface area contributed by atoms with Gasteiger partial charge in [-0.1, -0.05) is 24.6 Å². The molecular weight excluding hydrogens is 363 g/mol. The molecule has 0 aliphatic rings. The molecule has 0 radical (unpaired) electrons. The van der Waals surface area contributed by atoms with Crippen LogP contribution in [-0.2, 0) is 4.79 Å². The molecular formula is C21H23FN2O4. The molecule has 2 amide bonds. The van der Waals surface area contributed by atoms with Crippen LogP contribution in [0.5, 0.6) is 0 Å².